The number of H-pyrrole nitrogens is 1. The summed E-state index contributed by atoms with van der Waals surface area (Å²) in [6, 6.07) is 5.88. The van der Waals surface area contributed by atoms with E-state index in [-0.39, 0.29) is 5.56 Å². The van der Waals surface area contributed by atoms with Crippen molar-refractivity contribution in [2.75, 3.05) is 20.3 Å². The van der Waals surface area contributed by atoms with Gasteiger partial charge in [-0.2, -0.15) is 0 Å². The summed E-state index contributed by atoms with van der Waals surface area (Å²) < 4.78 is 11.3. The fraction of sp³-hybridized carbons (Fsp3) is 0.333. The van der Waals surface area contributed by atoms with E-state index in [0.29, 0.717) is 43.1 Å². The van der Waals surface area contributed by atoms with Crippen molar-refractivity contribution in [3.8, 4) is 22.9 Å². The van der Waals surface area contributed by atoms with Crippen molar-refractivity contribution in [1.82, 2.24) is 24.8 Å². The smallest absolute Gasteiger partial charge is 0.255 e. The fourth-order valence-electron chi connectivity index (χ4n) is 3.57. The Morgan fingerprint density at radius 3 is 2.83 bits per heavy atom. The number of para-hydroxylation sites is 1. The first-order valence-corrected chi connectivity index (χ1v) is 9.58. The number of nitrogens with one attached hydrogen (secondary N) is 1. The van der Waals surface area contributed by atoms with Crippen molar-refractivity contribution < 1.29 is 9.47 Å². The lowest BCUT2D eigenvalue weighted by Gasteiger charge is -2.28. The summed E-state index contributed by atoms with van der Waals surface area (Å²) in [5.41, 5.74) is 3.16. The van der Waals surface area contributed by atoms with Gasteiger partial charge in [0.15, 0.2) is 11.5 Å². The van der Waals surface area contributed by atoms with Gasteiger partial charge < -0.3 is 14.5 Å². The third kappa shape index (κ3) is 3.97. The van der Waals surface area contributed by atoms with Gasteiger partial charge in [0.1, 0.15) is 12.2 Å². The van der Waals surface area contributed by atoms with Crippen LogP contribution >= 0.6 is 0 Å². The van der Waals surface area contributed by atoms with Crippen molar-refractivity contribution in [3.63, 3.8) is 0 Å². The van der Waals surface area contributed by atoms with Crippen LogP contribution in [0.15, 0.2) is 41.7 Å². The van der Waals surface area contributed by atoms with Gasteiger partial charge in [0.05, 0.1) is 30.5 Å². The quantitative estimate of drug-likeness (QED) is 0.686. The molecule has 1 N–H and O–H groups in total. The Morgan fingerprint density at radius 1 is 1.24 bits per heavy atom. The van der Waals surface area contributed by atoms with Crippen LogP contribution in [0.2, 0.25) is 0 Å². The van der Waals surface area contributed by atoms with Gasteiger partial charge in [0, 0.05) is 44.0 Å². The third-order valence-electron chi connectivity index (χ3n) is 4.94. The number of rotatable bonds is 6. The van der Waals surface area contributed by atoms with Crippen LogP contribution in [0.25, 0.3) is 11.4 Å². The topological polar surface area (TPSA) is 93.2 Å². The highest BCUT2D eigenvalue weighted by Crippen LogP contribution is 2.32. The van der Waals surface area contributed by atoms with Crippen molar-refractivity contribution in [2.45, 2.75) is 26.4 Å². The molecule has 0 saturated carbocycles. The minimum atomic E-state index is -0.116. The number of fused-ring (bicyclic) bond motifs is 1. The van der Waals surface area contributed by atoms with E-state index in [9.17, 15) is 4.79 Å². The number of methoxy groups -OCH3 is 1. The second kappa shape index (κ2) is 8.40. The zero-order chi connectivity index (χ0) is 20.2. The molecule has 1 aliphatic rings. The van der Waals surface area contributed by atoms with E-state index in [1.165, 1.54) is 6.33 Å². The predicted molar refractivity (Wildman–Crippen MR) is 108 cm³/mol. The second-order valence-corrected chi connectivity index (χ2v) is 6.81. The van der Waals surface area contributed by atoms with Crippen LogP contribution in [0.5, 0.6) is 11.5 Å². The number of benzene rings is 1. The third-order valence-corrected chi connectivity index (χ3v) is 4.94. The van der Waals surface area contributed by atoms with Crippen LogP contribution in [0.1, 0.15) is 23.7 Å². The molecule has 150 valence electrons. The van der Waals surface area contributed by atoms with Crippen LogP contribution in [0.3, 0.4) is 0 Å². The van der Waals surface area contributed by atoms with E-state index in [0.717, 1.165) is 29.3 Å². The first kappa shape index (κ1) is 19.1. The molecule has 0 bridgehead atoms. The minimum Gasteiger partial charge on any atom is -0.493 e. The van der Waals surface area contributed by atoms with E-state index in [1.54, 1.807) is 19.5 Å². The molecule has 1 aliphatic heterocycles. The summed E-state index contributed by atoms with van der Waals surface area (Å²) in [4.78, 5) is 30.5. The van der Waals surface area contributed by atoms with Gasteiger partial charge in [-0.15, -0.1) is 0 Å². The molecule has 3 heterocycles. The molecule has 0 spiro atoms. The lowest BCUT2D eigenvalue weighted by atomic mass is 10.1. The average molecular weight is 393 g/mol. The molecule has 3 aromatic rings. The van der Waals surface area contributed by atoms with Gasteiger partial charge in [-0.05, 0) is 13.0 Å². The van der Waals surface area contributed by atoms with Crippen LogP contribution in [-0.4, -0.2) is 45.1 Å². The molecule has 2 aromatic heterocycles. The van der Waals surface area contributed by atoms with Gasteiger partial charge in [-0.1, -0.05) is 12.1 Å². The first-order chi connectivity index (χ1) is 14.2. The van der Waals surface area contributed by atoms with Crippen LogP contribution in [0, 0.1) is 0 Å². The van der Waals surface area contributed by atoms with E-state index in [4.69, 9.17) is 9.47 Å². The maximum atomic E-state index is 12.7. The van der Waals surface area contributed by atoms with Crippen LogP contribution in [-0.2, 0) is 19.5 Å². The summed E-state index contributed by atoms with van der Waals surface area (Å²) in [6.07, 6.45) is 5.44. The second-order valence-electron chi connectivity index (χ2n) is 6.81. The normalized spacial score (nSPS) is 13.7. The molecule has 0 saturated heterocycles. The molecule has 4 rings (SSSR count). The zero-order valence-electron chi connectivity index (χ0n) is 16.5. The molecule has 0 unspecified atom stereocenters. The van der Waals surface area contributed by atoms with Crippen molar-refractivity contribution in [2.24, 2.45) is 0 Å². The molecule has 8 heteroatoms. The van der Waals surface area contributed by atoms with Gasteiger partial charge in [-0.3, -0.25) is 9.69 Å². The molecule has 0 atom stereocenters. The molecule has 29 heavy (non-hydrogen) atoms. The number of nitrogens with zero attached hydrogens (tertiary/aromatic N) is 4. The van der Waals surface area contributed by atoms with Crippen molar-refractivity contribution in [1.29, 1.82) is 0 Å². The number of hydrogen-bond donors (Lipinski definition) is 1. The molecule has 1 aromatic carbocycles. The van der Waals surface area contributed by atoms with E-state index in [1.807, 2.05) is 25.1 Å². The summed E-state index contributed by atoms with van der Waals surface area (Å²) in [7, 11) is 1.64. The SMILES string of the molecule is CCOc1c(CN2CCc3nc(-c4cncnc4)[nH]c(=O)c3C2)cccc1OC. The van der Waals surface area contributed by atoms with E-state index >= 15 is 0 Å². The maximum absolute atomic E-state index is 12.7. The number of hydrogen-bond acceptors (Lipinski definition) is 7. The summed E-state index contributed by atoms with van der Waals surface area (Å²) in [5, 5.41) is 0. The van der Waals surface area contributed by atoms with Crippen molar-refractivity contribution >= 4 is 0 Å². The number of aromatic amines is 1. The Balaban J connectivity index is 1.58. The number of aromatic nitrogens is 4. The summed E-state index contributed by atoms with van der Waals surface area (Å²) in [6.45, 7) is 4.52. The van der Waals surface area contributed by atoms with E-state index in [2.05, 4.69) is 24.8 Å². The molecule has 0 aliphatic carbocycles. The van der Waals surface area contributed by atoms with Crippen molar-refractivity contribution in [3.05, 3.63) is 64.1 Å². The maximum Gasteiger partial charge on any atom is 0.255 e. The van der Waals surface area contributed by atoms with Crippen LogP contribution in [0.4, 0.5) is 0 Å². The Bertz CT molecular complexity index is 1050. The number of ether oxygens (including phenoxy) is 2. The molecule has 0 fully saturated rings. The Hall–Kier alpha value is -3.26. The molecular formula is C21H23N5O3. The Morgan fingerprint density at radius 2 is 2.07 bits per heavy atom. The monoisotopic (exact) mass is 393 g/mol. The lowest BCUT2D eigenvalue weighted by molar-refractivity contribution is 0.233. The van der Waals surface area contributed by atoms with E-state index < -0.39 is 0 Å². The van der Waals surface area contributed by atoms with Gasteiger partial charge in [-0.25, -0.2) is 15.0 Å². The fourth-order valence-corrected chi connectivity index (χ4v) is 3.57. The van der Waals surface area contributed by atoms with Gasteiger partial charge in [0.2, 0.25) is 0 Å². The summed E-state index contributed by atoms with van der Waals surface area (Å²) >= 11 is 0. The zero-order valence-corrected chi connectivity index (χ0v) is 16.5. The average Bonchev–Trinajstić information content (AvgIpc) is 2.76. The highest BCUT2D eigenvalue weighted by atomic mass is 16.5. The Labute approximate surface area is 168 Å². The molecular weight excluding hydrogens is 370 g/mol. The highest BCUT2D eigenvalue weighted by molar-refractivity contribution is 5.52. The molecule has 8 nitrogen and oxygen atoms in total. The van der Waals surface area contributed by atoms with Gasteiger partial charge >= 0.3 is 0 Å². The lowest BCUT2D eigenvalue weighted by Crippen LogP contribution is -2.35. The predicted octanol–water partition coefficient (Wildman–Crippen LogP) is 2.19. The standard InChI is InChI=1S/C21H23N5O3/c1-3-29-19-14(5-4-6-18(19)28-2)11-26-8-7-17-16(12-26)21(27)25-20(24-17)15-9-22-13-23-10-15/h4-6,9-10,13H,3,7-8,11-12H2,1-2H3,(H,24,25,27). The Kier molecular flexibility index (Phi) is 5.53. The molecule has 0 radical (unpaired) electrons. The van der Waals surface area contributed by atoms with Gasteiger partial charge in [0.25, 0.3) is 5.56 Å². The molecule has 0 amide bonds. The summed E-state index contributed by atoms with van der Waals surface area (Å²) in [5.74, 6) is 1.99. The first-order valence-electron chi connectivity index (χ1n) is 9.58. The van der Waals surface area contributed by atoms with Crippen LogP contribution < -0.4 is 15.0 Å². The largest absolute Gasteiger partial charge is 0.493 e. The minimum absolute atomic E-state index is 0.116. The highest BCUT2D eigenvalue weighted by Gasteiger charge is 2.23.